The number of carbonyl (C=O) groups excluding carboxylic acids is 1. The molecular formula is C9H10N6O3. The molecule has 0 radical (unpaired) electrons. The number of nitrogens with two attached hydrogens (primary N) is 1. The third-order valence-corrected chi connectivity index (χ3v) is 1.81. The van der Waals surface area contributed by atoms with Crippen LogP contribution in [0.4, 0.5) is 5.82 Å². The molecule has 2 aromatic rings. The van der Waals surface area contributed by atoms with Crippen LogP contribution >= 0.6 is 0 Å². The van der Waals surface area contributed by atoms with E-state index in [1.807, 2.05) is 0 Å². The number of hydrogen-bond donors (Lipinski definition) is 2. The molecule has 9 heteroatoms. The van der Waals surface area contributed by atoms with Gasteiger partial charge in [0.1, 0.15) is 0 Å². The maximum atomic E-state index is 11.4. The minimum Gasteiger partial charge on any atom is -0.412 e. The van der Waals surface area contributed by atoms with E-state index >= 15 is 0 Å². The van der Waals surface area contributed by atoms with Crippen molar-refractivity contribution in [3.8, 4) is 0 Å². The molecule has 2 aromatic heterocycles. The number of nitrogens with zero attached hydrogens (tertiary/aromatic N) is 4. The number of pyridine rings is 1. The van der Waals surface area contributed by atoms with Gasteiger partial charge in [0.15, 0.2) is 0 Å². The number of carbonyl (C=O) groups is 1. The van der Waals surface area contributed by atoms with E-state index in [-0.39, 0.29) is 17.0 Å². The average Bonchev–Trinajstić information content (AvgIpc) is 2.77. The number of nitrogens with one attached hydrogen (secondary N) is 1. The second kappa shape index (κ2) is 6.06. The van der Waals surface area contributed by atoms with Gasteiger partial charge in [-0.1, -0.05) is 0 Å². The molecule has 94 valence electrons. The van der Waals surface area contributed by atoms with Crippen molar-refractivity contribution in [2.75, 3.05) is 5.73 Å². The van der Waals surface area contributed by atoms with Crippen molar-refractivity contribution >= 4 is 17.9 Å². The number of aromatic nitrogens is 3. The van der Waals surface area contributed by atoms with Crippen molar-refractivity contribution in [1.29, 1.82) is 0 Å². The Bertz CT molecular complexity index is 538. The second-order valence-corrected chi connectivity index (χ2v) is 2.98. The van der Waals surface area contributed by atoms with Crippen molar-refractivity contribution in [2.24, 2.45) is 5.10 Å². The van der Waals surface area contributed by atoms with E-state index in [1.165, 1.54) is 6.21 Å². The molecule has 0 atom stereocenters. The summed E-state index contributed by atoms with van der Waals surface area (Å²) in [5.74, 6) is -0.671. The fraction of sp³-hybridized carbons (Fsp3) is 0. The molecule has 0 unspecified atom stereocenters. The SMILES string of the molecule is Nc1nonc1C(=O)N/N=C/c1ccncc1.O. The van der Waals surface area contributed by atoms with Gasteiger partial charge >= 0.3 is 0 Å². The first-order valence-corrected chi connectivity index (χ1v) is 4.59. The minimum absolute atomic E-state index is 0. The molecule has 0 saturated heterocycles. The Kier molecular flexibility index (Phi) is 4.46. The molecule has 5 N–H and O–H groups in total. The fourth-order valence-electron chi connectivity index (χ4n) is 1.02. The van der Waals surface area contributed by atoms with E-state index < -0.39 is 5.91 Å². The van der Waals surface area contributed by atoms with Crippen molar-refractivity contribution in [1.82, 2.24) is 20.7 Å². The number of nitrogen functional groups attached to an aromatic ring is 1. The van der Waals surface area contributed by atoms with E-state index in [0.29, 0.717) is 0 Å². The summed E-state index contributed by atoms with van der Waals surface area (Å²) in [6, 6.07) is 3.48. The first-order valence-electron chi connectivity index (χ1n) is 4.59. The van der Waals surface area contributed by atoms with Crippen LogP contribution in [-0.4, -0.2) is 32.9 Å². The van der Waals surface area contributed by atoms with Crippen LogP contribution in [-0.2, 0) is 0 Å². The van der Waals surface area contributed by atoms with Gasteiger partial charge in [-0.2, -0.15) is 5.10 Å². The summed E-state index contributed by atoms with van der Waals surface area (Å²) in [4.78, 5) is 15.3. The lowest BCUT2D eigenvalue weighted by molar-refractivity contribution is 0.0946. The number of anilines is 1. The van der Waals surface area contributed by atoms with Gasteiger partial charge in [0.25, 0.3) is 5.91 Å². The Morgan fingerprint density at radius 2 is 2.11 bits per heavy atom. The van der Waals surface area contributed by atoms with Crippen molar-refractivity contribution in [2.45, 2.75) is 0 Å². The van der Waals surface area contributed by atoms with Crippen LogP contribution in [0.3, 0.4) is 0 Å². The maximum Gasteiger partial charge on any atom is 0.297 e. The molecule has 9 nitrogen and oxygen atoms in total. The summed E-state index contributed by atoms with van der Waals surface area (Å²) < 4.78 is 4.29. The Morgan fingerprint density at radius 1 is 1.39 bits per heavy atom. The summed E-state index contributed by atoms with van der Waals surface area (Å²) in [6.07, 6.45) is 4.69. The van der Waals surface area contributed by atoms with Gasteiger partial charge in [-0.3, -0.25) is 9.78 Å². The highest BCUT2D eigenvalue weighted by atomic mass is 16.6. The van der Waals surface area contributed by atoms with Gasteiger partial charge in [-0.15, -0.1) is 0 Å². The zero-order valence-electron chi connectivity index (χ0n) is 9.07. The van der Waals surface area contributed by atoms with Gasteiger partial charge in [0.05, 0.1) is 6.21 Å². The van der Waals surface area contributed by atoms with Crippen LogP contribution in [0.5, 0.6) is 0 Å². The summed E-state index contributed by atoms with van der Waals surface area (Å²) >= 11 is 0. The number of rotatable bonds is 3. The second-order valence-electron chi connectivity index (χ2n) is 2.98. The van der Waals surface area contributed by atoms with Gasteiger partial charge in [0.2, 0.25) is 11.5 Å². The average molecular weight is 250 g/mol. The lowest BCUT2D eigenvalue weighted by Crippen LogP contribution is -2.19. The van der Waals surface area contributed by atoms with E-state index in [9.17, 15) is 4.79 Å². The molecule has 0 fully saturated rings. The van der Waals surface area contributed by atoms with Crippen molar-refractivity contribution < 1.29 is 14.9 Å². The van der Waals surface area contributed by atoms with E-state index in [4.69, 9.17) is 5.73 Å². The van der Waals surface area contributed by atoms with Crippen LogP contribution in [0.15, 0.2) is 34.3 Å². The Hall–Kier alpha value is -2.81. The highest BCUT2D eigenvalue weighted by molar-refractivity contribution is 5.96. The predicted molar refractivity (Wildman–Crippen MR) is 61.6 cm³/mol. The highest BCUT2D eigenvalue weighted by Gasteiger charge is 2.14. The summed E-state index contributed by atoms with van der Waals surface area (Å²) in [6.45, 7) is 0. The molecule has 0 bridgehead atoms. The summed E-state index contributed by atoms with van der Waals surface area (Å²) in [5, 5.41) is 10.3. The zero-order valence-corrected chi connectivity index (χ0v) is 9.07. The number of hydrazone groups is 1. The van der Waals surface area contributed by atoms with Crippen LogP contribution in [0.1, 0.15) is 16.1 Å². The standard InChI is InChI=1S/C9H8N6O2.H2O/c10-8-7(14-17-15-8)9(16)13-12-5-6-1-3-11-4-2-6;/h1-5H,(H2,10,15)(H,13,16);1H2/b12-5+;. The molecule has 1 amide bonds. The molecule has 2 heterocycles. The van der Waals surface area contributed by atoms with Crippen LogP contribution in [0.25, 0.3) is 0 Å². The fourth-order valence-corrected chi connectivity index (χ4v) is 1.02. The molecule has 18 heavy (non-hydrogen) atoms. The minimum atomic E-state index is -0.589. The molecule has 0 aromatic carbocycles. The molecule has 0 spiro atoms. The predicted octanol–water partition coefficient (Wildman–Crippen LogP) is -1.01. The first-order chi connectivity index (χ1) is 8.27. The van der Waals surface area contributed by atoms with Crippen LogP contribution in [0.2, 0.25) is 0 Å². The van der Waals surface area contributed by atoms with Gasteiger partial charge in [-0.05, 0) is 28.0 Å². The maximum absolute atomic E-state index is 11.4. The van der Waals surface area contributed by atoms with Gasteiger partial charge in [0, 0.05) is 12.4 Å². The quantitative estimate of drug-likeness (QED) is 0.525. The van der Waals surface area contributed by atoms with Crippen molar-refractivity contribution in [3.05, 3.63) is 35.8 Å². The van der Waals surface area contributed by atoms with Gasteiger partial charge in [-0.25, -0.2) is 10.1 Å². The van der Waals surface area contributed by atoms with Crippen molar-refractivity contribution in [3.63, 3.8) is 0 Å². The van der Waals surface area contributed by atoms with Gasteiger partial charge < -0.3 is 11.2 Å². The highest BCUT2D eigenvalue weighted by Crippen LogP contribution is 2.02. The van der Waals surface area contributed by atoms with E-state index in [1.54, 1.807) is 24.5 Å². The lowest BCUT2D eigenvalue weighted by atomic mass is 10.3. The topological polar surface area (TPSA) is 151 Å². The van der Waals surface area contributed by atoms with E-state index in [2.05, 4.69) is 30.5 Å². The third-order valence-electron chi connectivity index (χ3n) is 1.81. The molecule has 2 rings (SSSR count). The lowest BCUT2D eigenvalue weighted by Gasteiger charge is -1.94. The Balaban J connectivity index is 0.00000162. The molecule has 0 aliphatic rings. The molecule has 0 saturated carbocycles. The van der Waals surface area contributed by atoms with E-state index in [0.717, 1.165) is 5.56 Å². The number of amides is 1. The first kappa shape index (κ1) is 13.3. The Labute approximate surface area is 101 Å². The molecular weight excluding hydrogens is 240 g/mol. The normalized spacial score (nSPS) is 10.0. The zero-order chi connectivity index (χ0) is 12.1. The monoisotopic (exact) mass is 250 g/mol. The third kappa shape index (κ3) is 3.09. The summed E-state index contributed by atoms with van der Waals surface area (Å²) in [7, 11) is 0. The smallest absolute Gasteiger partial charge is 0.297 e. The summed E-state index contributed by atoms with van der Waals surface area (Å²) in [5.41, 5.74) is 8.28. The Morgan fingerprint density at radius 3 is 2.72 bits per heavy atom. The largest absolute Gasteiger partial charge is 0.412 e. The van der Waals surface area contributed by atoms with Crippen LogP contribution < -0.4 is 11.2 Å². The number of hydrogen-bond acceptors (Lipinski definition) is 7. The molecule has 0 aliphatic heterocycles. The molecule has 0 aliphatic carbocycles. The van der Waals surface area contributed by atoms with Crippen LogP contribution in [0, 0.1) is 0 Å².